The fourth-order valence-electron chi connectivity index (χ4n) is 3.54. The summed E-state index contributed by atoms with van der Waals surface area (Å²) in [4.78, 5) is 27.4. The molecule has 0 spiro atoms. The van der Waals surface area contributed by atoms with Crippen LogP contribution in [0, 0.1) is 13.8 Å². The van der Waals surface area contributed by atoms with Gasteiger partial charge in [-0.2, -0.15) is 0 Å². The Morgan fingerprint density at radius 1 is 1.17 bits per heavy atom. The van der Waals surface area contributed by atoms with Gasteiger partial charge in [-0.25, -0.2) is 9.59 Å². The number of hydrogen-bond acceptors (Lipinski definition) is 6. The van der Waals surface area contributed by atoms with E-state index in [-0.39, 0.29) is 13.2 Å². The van der Waals surface area contributed by atoms with E-state index in [4.69, 9.17) is 21.7 Å². The second-order valence-corrected chi connectivity index (χ2v) is 8.43. The van der Waals surface area contributed by atoms with Gasteiger partial charge in [-0.1, -0.05) is 17.7 Å². The van der Waals surface area contributed by atoms with Crippen molar-refractivity contribution in [2.45, 2.75) is 40.5 Å². The Morgan fingerprint density at radius 3 is 2.57 bits per heavy atom. The number of nitrogens with zero attached hydrogens (tertiary/aromatic N) is 1. The Kier molecular flexibility index (Phi) is 7.10. The van der Waals surface area contributed by atoms with E-state index in [1.165, 1.54) is 11.1 Å². The highest BCUT2D eigenvalue weighted by Gasteiger charge is 2.28. The predicted octanol–water partition coefficient (Wildman–Crippen LogP) is 4.87. The van der Waals surface area contributed by atoms with E-state index in [2.05, 4.69) is 30.4 Å². The number of ether oxygens (including phenoxy) is 2. The van der Waals surface area contributed by atoms with E-state index >= 15 is 0 Å². The van der Waals surface area contributed by atoms with Crippen molar-refractivity contribution in [3.8, 4) is 0 Å². The van der Waals surface area contributed by atoms with Crippen LogP contribution in [0.5, 0.6) is 0 Å². The van der Waals surface area contributed by atoms with Gasteiger partial charge in [0.25, 0.3) is 0 Å². The van der Waals surface area contributed by atoms with Crippen LogP contribution in [-0.4, -0.2) is 36.8 Å². The standard InChI is InChI=1S/C22H26N2O4S2/c1-5-27-20(25)17-14(4)18(21(26)28-6-2)30-19(17)23-22(29)24-11-7-8-15-12-13(3)9-10-16(15)24/h9-10,12H,5-8,11H2,1-4H3,(H,23,29). The first-order valence-corrected chi connectivity index (χ1v) is 11.3. The van der Waals surface area contributed by atoms with Crippen LogP contribution in [0.2, 0.25) is 0 Å². The summed E-state index contributed by atoms with van der Waals surface area (Å²) < 4.78 is 10.4. The second-order valence-electron chi connectivity index (χ2n) is 7.02. The zero-order valence-electron chi connectivity index (χ0n) is 17.7. The Bertz CT molecular complexity index is 984. The van der Waals surface area contributed by atoms with Crippen molar-refractivity contribution in [3.05, 3.63) is 45.3 Å². The molecule has 160 valence electrons. The van der Waals surface area contributed by atoms with Gasteiger partial charge >= 0.3 is 11.9 Å². The Balaban J connectivity index is 1.94. The third kappa shape index (κ3) is 4.49. The van der Waals surface area contributed by atoms with Crippen LogP contribution >= 0.6 is 23.6 Å². The Labute approximate surface area is 186 Å². The highest BCUT2D eigenvalue weighted by Crippen LogP contribution is 2.35. The molecular formula is C22H26N2O4S2. The normalized spacial score (nSPS) is 12.9. The number of aryl methyl sites for hydroxylation is 2. The van der Waals surface area contributed by atoms with Gasteiger partial charge in [0.05, 0.1) is 18.8 Å². The van der Waals surface area contributed by atoms with Crippen molar-refractivity contribution >= 4 is 51.3 Å². The molecule has 30 heavy (non-hydrogen) atoms. The van der Waals surface area contributed by atoms with Crippen LogP contribution in [-0.2, 0) is 15.9 Å². The molecule has 0 saturated carbocycles. The molecule has 0 fully saturated rings. The minimum atomic E-state index is -0.484. The lowest BCUT2D eigenvalue weighted by Gasteiger charge is -2.32. The van der Waals surface area contributed by atoms with Crippen molar-refractivity contribution < 1.29 is 19.1 Å². The maximum absolute atomic E-state index is 12.6. The van der Waals surface area contributed by atoms with Crippen LogP contribution in [0.4, 0.5) is 10.7 Å². The maximum atomic E-state index is 12.6. The predicted molar refractivity (Wildman–Crippen MR) is 124 cm³/mol. The monoisotopic (exact) mass is 446 g/mol. The molecule has 0 aliphatic carbocycles. The maximum Gasteiger partial charge on any atom is 0.348 e. The number of rotatable bonds is 5. The van der Waals surface area contributed by atoms with E-state index < -0.39 is 11.9 Å². The van der Waals surface area contributed by atoms with Crippen LogP contribution in [0.1, 0.15) is 57.0 Å². The molecule has 8 heteroatoms. The number of anilines is 2. The number of thiocarbonyl (C=S) groups is 1. The second kappa shape index (κ2) is 9.57. The molecule has 1 aromatic heterocycles. The van der Waals surface area contributed by atoms with Gasteiger partial charge in [-0.3, -0.25) is 0 Å². The van der Waals surface area contributed by atoms with Crippen molar-refractivity contribution in [3.63, 3.8) is 0 Å². The number of benzene rings is 1. The van der Waals surface area contributed by atoms with E-state index in [1.807, 2.05) is 4.90 Å². The third-order valence-corrected chi connectivity index (χ3v) is 6.42. The lowest BCUT2D eigenvalue weighted by atomic mass is 10.00. The number of carbonyl (C=O) groups is 2. The molecule has 1 N–H and O–H groups in total. The number of nitrogens with one attached hydrogen (secondary N) is 1. The highest BCUT2D eigenvalue weighted by atomic mass is 32.1. The summed E-state index contributed by atoms with van der Waals surface area (Å²) in [6.45, 7) is 8.58. The van der Waals surface area contributed by atoms with Gasteiger partial charge in [-0.15, -0.1) is 11.3 Å². The topological polar surface area (TPSA) is 67.9 Å². The van der Waals surface area contributed by atoms with Crippen molar-refractivity contribution in [1.82, 2.24) is 0 Å². The van der Waals surface area contributed by atoms with Gasteiger partial charge < -0.3 is 19.7 Å². The Hall–Kier alpha value is -2.45. The number of fused-ring (bicyclic) bond motifs is 1. The molecule has 1 aliphatic rings. The van der Waals surface area contributed by atoms with Crippen molar-refractivity contribution in [2.75, 3.05) is 30.0 Å². The molecule has 0 saturated heterocycles. The highest BCUT2D eigenvalue weighted by molar-refractivity contribution is 7.80. The summed E-state index contributed by atoms with van der Waals surface area (Å²) in [6.07, 6.45) is 2.00. The van der Waals surface area contributed by atoms with Crippen molar-refractivity contribution in [1.29, 1.82) is 0 Å². The number of carbonyl (C=O) groups excluding carboxylic acids is 2. The summed E-state index contributed by atoms with van der Waals surface area (Å²) in [5.74, 6) is -0.940. The molecule has 0 radical (unpaired) electrons. The average Bonchev–Trinajstić information content (AvgIpc) is 3.03. The Morgan fingerprint density at radius 2 is 1.87 bits per heavy atom. The molecule has 1 aromatic carbocycles. The van der Waals surface area contributed by atoms with Crippen LogP contribution in [0.3, 0.4) is 0 Å². The fourth-order valence-corrected chi connectivity index (χ4v) is 4.99. The molecule has 0 atom stereocenters. The largest absolute Gasteiger partial charge is 0.462 e. The first kappa shape index (κ1) is 22.2. The summed E-state index contributed by atoms with van der Waals surface area (Å²) in [6, 6.07) is 6.33. The summed E-state index contributed by atoms with van der Waals surface area (Å²) in [5.41, 5.74) is 4.41. The number of thiophene rings is 1. The first-order chi connectivity index (χ1) is 14.4. The van der Waals surface area contributed by atoms with Gasteiger partial charge in [0.1, 0.15) is 9.88 Å². The molecular weight excluding hydrogens is 420 g/mol. The molecule has 1 aliphatic heterocycles. The van der Waals surface area contributed by atoms with E-state index in [1.54, 1.807) is 20.8 Å². The average molecular weight is 447 g/mol. The smallest absolute Gasteiger partial charge is 0.348 e. The SMILES string of the molecule is CCOC(=O)c1sc(NC(=S)N2CCCc3cc(C)ccc32)c(C(=O)OCC)c1C. The first-order valence-electron chi connectivity index (χ1n) is 10.0. The summed E-state index contributed by atoms with van der Waals surface area (Å²) in [7, 11) is 0. The number of hydrogen-bond donors (Lipinski definition) is 1. The van der Waals surface area contributed by atoms with E-state index in [0.29, 0.717) is 26.1 Å². The minimum absolute atomic E-state index is 0.242. The van der Waals surface area contributed by atoms with Crippen LogP contribution in [0.25, 0.3) is 0 Å². The van der Waals surface area contributed by atoms with Gasteiger partial charge in [0.2, 0.25) is 0 Å². The third-order valence-electron chi connectivity index (χ3n) is 4.91. The molecule has 0 bridgehead atoms. The summed E-state index contributed by atoms with van der Waals surface area (Å²) >= 11 is 6.86. The lowest BCUT2D eigenvalue weighted by Crippen LogP contribution is -2.38. The van der Waals surface area contributed by atoms with Gasteiger partial charge in [-0.05, 0) is 69.9 Å². The zero-order chi connectivity index (χ0) is 21.8. The fraction of sp³-hybridized carbons (Fsp3) is 0.409. The van der Waals surface area contributed by atoms with Gasteiger partial charge in [0, 0.05) is 12.2 Å². The molecule has 2 heterocycles. The van der Waals surface area contributed by atoms with E-state index in [0.717, 1.165) is 36.4 Å². The number of esters is 2. The van der Waals surface area contributed by atoms with Crippen LogP contribution < -0.4 is 10.2 Å². The van der Waals surface area contributed by atoms with Crippen molar-refractivity contribution in [2.24, 2.45) is 0 Å². The summed E-state index contributed by atoms with van der Waals surface area (Å²) in [5, 5.41) is 4.19. The quantitative estimate of drug-likeness (QED) is 0.519. The lowest BCUT2D eigenvalue weighted by molar-refractivity contribution is 0.0527. The van der Waals surface area contributed by atoms with Gasteiger partial charge in [0.15, 0.2) is 5.11 Å². The zero-order valence-corrected chi connectivity index (χ0v) is 19.3. The molecule has 3 rings (SSSR count). The molecule has 2 aromatic rings. The minimum Gasteiger partial charge on any atom is -0.462 e. The van der Waals surface area contributed by atoms with E-state index in [9.17, 15) is 9.59 Å². The molecule has 0 amide bonds. The van der Waals surface area contributed by atoms with Crippen LogP contribution in [0.15, 0.2) is 18.2 Å². The molecule has 0 unspecified atom stereocenters. The molecule has 6 nitrogen and oxygen atoms in total.